The summed E-state index contributed by atoms with van der Waals surface area (Å²) < 4.78 is 11.5. The summed E-state index contributed by atoms with van der Waals surface area (Å²) in [5.74, 6) is -0.117. The molecule has 0 aliphatic heterocycles. The van der Waals surface area contributed by atoms with Crippen molar-refractivity contribution in [2.75, 3.05) is 6.61 Å². The fourth-order valence-corrected chi connectivity index (χ4v) is 2.56. The Kier molecular flexibility index (Phi) is 4.81. The summed E-state index contributed by atoms with van der Waals surface area (Å²) in [6.45, 7) is 1.17. The normalized spacial score (nSPS) is 10.6. The quantitative estimate of drug-likeness (QED) is 0.477. The van der Waals surface area contributed by atoms with E-state index in [9.17, 15) is 14.4 Å². The van der Waals surface area contributed by atoms with Crippen molar-refractivity contribution in [2.45, 2.75) is 6.92 Å². The Balaban J connectivity index is 1.79. The zero-order valence-corrected chi connectivity index (χ0v) is 14.8. The number of Topliss-reactive ketones (excluding diaryl/α,β-unsaturated/α-hetero) is 2. The molecule has 5 nitrogen and oxygen atoms in total. The third-order valence-electron chi connectivity index (χ3n) is 3.62. The molecular weight excluding hydrogens is 388 g/mol. The third kappa shape index (κ3) is 3.85. The minimum Gasteiger partial charge on any atom is -0.485 e. The standard InChI is InChI=1S/C19H13BrO5/c1-11(21)16-8-13-4-7-15(9-18(13)25-19(16)23)24-10-17(22)12-2-5-14(20)6-3-12/h2-9H,10H2,1H3. The molecule has 0 bridgehead atoms. The highest BCUT2D eigenvalue weighted by Crippen LogP contribution is 2.21. The fraction of sp³-hybridized carbons (Fsp3) is 0.105. The smallest absolute Gasteiger partial charge is 0.347 e. The van der Waals surface area contributed by atoms with Crippen LogP contribution >= 0.6 is 15.9 Å². The van der Waals surface area contributed by atoms with E-state index in [1.807, 2.05) is 0 Å². The third-order valence-corrected chi connectivity index (χ3v) is 4.15. The molecule has 0 atom stereocenters. The molecule has 1 heterocycles. The average molecular weight is 401 g/mol. The number of ether oxygens (including phenoxy) is 1. The highest BCUT2D eigenvalue weighted by atomic mass is 79.9. The Morgan fingerprint density at radius 3 is 2.48 bits per heavy atom. The van der Waals surface area contributed by atoms with E-state index in [0.29, 0.717) is 22.3 Å². The van der Waals surface area contributed by atoms with Crippen LogP contribution in [0.25, 0.3) is 11.0 Å². The van der Waals surface area contributed by atoms with E-state index >= 15 is 0 Å². The number of benzene rings is 2. The van der Waals surface area contributed by atoms with Crippen LogP contribution in [0.4, 0.5) is 0 Å². The zero-order valence-electron chi connectivity index (χ0n) is 13.2. The molecule has 25 heavy (non-hydrogen) atoms. The van der Waals surface area contributed by atoms with Crippen LogP contribution in [0.1, 0.15) is 27.6 Å². The summed E-state index contributed by atoms with van der Waals surface area (Å²) in [5.41, 5.74) is 0.153. The molecule has 3 aromatic rings. The molecule has 3 rings (SSSR count). The van der Waals surface area contributed by atoms with Crippen LogP contribution < -0.4 is 10.4 Å². The minimum atomic E-state index is -0.692. The first-order valence-corrected chi connectivity index (χ1v) is 8.24. The van der Waals surface area contributed by atoms with Gasteiger partial charge in [0.2, 0.25) is 0 Å². The van der Waals surface area contributed by atoms with Crippen molar-refractivity contribution in [2.24, 2.45) is 0 Å². The number of halogens is 1. The lowest BCUT2D eigenvalue weighted by atomic mass is 10.1. The van der Waals surface area contributed by atoms with E-state index in [0.717, 1.165) is 4.47 Å². The molecule has 2 aromatic carbocycles. The van der Waals surface area contributed by atoms with Gasteiger partial charge in [0, 0.05) is 21.5 Å². The number of hydrogen-bond acceptors (Lipinski definition) is 5. The number of ketones is 2. The molecule has 6 heteroatoms. The molecule has 0 spiro atoms. The van der Waals surface area contributed by atoms with Gasteiger partial charge in [0.1, 0.15) is 16.9 Å². The van der Waals surface area contributed by atoms with Crippen LogP contribution in [0.5, 0.6) is 5.75 Å². The van der Waals surface area contributed by atoms with Crippen LogP contribution in [0.3, 0.4) is 0 Å². The van der Waals surface area contributed by atoms with E-state index in [-0.39, 0.29) is 23.7 Å². The molecule has 126 valence electrons. The van der Waals surface area contributed by atoms with Crippen LogP contribution in [0, 0.1) is 0 Å². The van der Waals surface area contributed by atoms with E-state index in [1.165, 1.54) is 19.1 Å². The van der Waals surface area contributed by atoms with Gasteiger partial charge in [0.25, 0.3) is 0 Å². The largest absolute Gasteiger partial charge is 0.485 e. The zero-order chi connectivity index (χ0) is 18.0. The summed E-state index contributed by atoms with van der Waals surface area (Å²) in [6, 6.07) is 13.3. The summed E-state index contributed by atoms with van der Waals surface area (Å²) in [5, 5.41) is 0.608. The van der Waals surface area contributed by atoms with Crippen molar-refractivity contribution in [3.63, 3.8) is 0 Å². The summed E-state index contributed by atoms with van der Waals surface area (Å²) in [4.78, 5) is 35.3. The second-order valence-corrected chi connectivity index (χ2v) is 6.34. The van der Waals surface area contributed by atoms with E-state index in [1.54, 1.807) is 36.4 Å². The average Bonchev–Trinajstić information content (AvgIpc) is 2.59. The fourth-order valence-electron chi connectivity index (χ4n) is 2.29. The Morgan fingerprint density at radius 1 is 1.08 bits per heavy atom. The Morgan fingerprint density at radius 2 is 1.80 bits per heavy atom. The molecule has 0 aliphatic carbocycles. The minimum absolute atomic E-state index is 0.00610. The molecule has 0 saturated carbocycles. The molecule has 0 aliphatic rings. The van der Waals surface area contributed by atoms with Gasteiger partial charge in [-0.05, 0) is 37.3 Å². The second kappa shape index (κ2) is 7.03. The van der Waals surface area contributed by atoms with Gasteiger partial charge in [0.15, 0.2) is 18.2 Å². The number of fused-ring (bicyclic) bond motifs is 1. The predicted octanol–water partition coefficient (Wildman–Crippen LogP) is 4.02. The SMILES string of the molecule is CC(=O)c1cc2ccc(OCC(=O)c3ccc(Br)cc3)cc2oc1=O. The summed E-state index contributed by atoms with van der Waals surface area (Å²) in [7, 11) is 0. The summed E-state index contributed by atoms with van der Waals surface area (Å²) >= 11 is 3.31. The van der Waals surface area contributed by atoms with Crippen LogP contribution in [0.15, 0.2) is 62.2 Å². The van der Waals surface area contributed by atoms with E-state index in [2.05, 4.69) is 15.9 Å². The van der Waals surface area contributed by atoms with Gasteiger partial charge in [-0.1, -0.05) is 28.1 Å². The van der Waals surface area contributed by atoms with Crippen molar-refractivity contribution in [3.05, 3.63) is 74.6 Å². The molecule has 0 radical (unpaired) electrons. The maximum Gasteiger partial charge on any atom is 0.347 e. The van der Waals surface area contributed by atoms with Crippen molar-refractivity contribution >= 4 is 38.5 Å². The van der Waals surface area contributed by atoms with Gasteiger partial charge in [-0.3, -0.25) is 9.59 Å². The van der Waals surface area contributed by atoms with Crippen LogP contribution in [-0.2, 0) is 0 Å². The topological polar surface area (TPSA) is 73.6 Å². The number of carbonyl (C=O) groups is 2. The Hall–Kier alpha value is -2.73. The maximum absolute atomic E-state index is 12.1. The first kappa shape index (κ1) is 17.1. The first-order valence-electron chi connectivity index (χ1n) is 7.44. The molecule has 0 N–H and O–H groups in total. The highest BCUT2D eigenvalue weighted by molar-refractivity contribution is 9.10. The first-order chi connectivity index (χ1) is 11.9. The lowest BCUT2D eigenvalue weighted by Gasteiger charge is -2.07. The molecule has 0 unspecified atom stereocenters. The lowest BCUT2D eigenvalue weighted by Crippen LogP contribution is -2.12. The molecule has 0 saturated heterocycles. The Bertz CT molecular complexity index is 1020. The van der Waals surface area contributed by atoms with Crippen LogP contribution in [0.2, 0.25) is 0 Å². The van der Waals surface area contributed by atoms with Gasteiger partial charge >= 0.3 is 5.63 Å². The highest BCUT2D eigenvalue weighted by Gasteiger charge is 2.11. The van der Waals surface area contributed by atoms with Crippen molar-refractivity contribution < 1.29 is 18.7 Å². The van der Waals surface area contributed by atoms with Gasteiger partial charge < -0.3 is 9.15 Å². The molecule has 0 amide bonds. The summed E-state index contributed by atoms with van der Waals surface area (Å²) in [6.07, 6.45) is 0. The van der Waals surface area contributed by atoms with Gasteiger partial charge in [0.05, 0.1) is 0 Å². The van der Waals surface area contributed by atoms with Gasteiger partial charge in [-0.15, -0.1) is 0 Å². The van der Waals surface area contributed by atoms with Crippen LogP contribution in [-0.4, -0.2) is 18.2 Å². The molecular formula is C19H13BrO5. The van der Waals surface area contributed by atoms with Crippen molar-refractivity contribution in [1.82, 2.24) is 0 Å². The van der Waals surface area contributed by atoms with E-state index in [4.69, 9.17) is 9.15 Å². The predicted molar refractivity (Wildman–Crippen MR) is 96.5 cm³/mol. The molecule has 1 aromatic heterocycles. The number of hydrogen-bond donors (Lipinski definition) is 0. The van der Waals surface area contributed by atoms with Crippen molar-refractivity contribution in [3.8, 4) is 5.75 Å². The van der Waals surface area contributed by atoms with Gasteiger partial charge in [-0.2, -0.15) is 0 Å². The van der Waals surface area contributed by atoms with Crippen molar-refractivity contribution in [1.29, 1.82) is 0 Å². The number of rotatable bonds is 5. The second-order valence-electron chi connectivity index (χ2n) is 5.42. The lowest BCUT2D eigenvalue weighted by molar-refractivity contribution is 0.0921. The maximum atomic E-state index is 12.1. The monoisotopic (exact) mass is 400 g/mol. The van der Waals surface area contributed by atoms with E-state index < -0.39 is 5.63 Å². The molecule has 0 fully saturated rings. The Labute approximate surface area is 151 Å². The number of carbonyl (C=O) groups excluding carboxylic acids is 2. The van der Waals surface area contributed by atoms with Gasteiger partial charge in [-0.25, -0.2) is 4.79 Å².